The van der Waals surface area contributed by atoms with E-state index in [9.17, 15) is 9.59 Å². The largest absolute Gasteiger partial charge is 0.480 e. The summed E-state index contributed by atoms with van der Waals surface area (Å²) in [5.41, 5.74) is 0.961. The van der Waals surface area contributed by atoms with E-state index in [1.54, 1.807) is 18.3 Å². The summed E-state index contributed by atoms with van der Waals surface area (Å²) in [5, 5.41) is 12.9. The molecule has 0 spiro atoms. The normalized spacial score (nSPS) is 16.5. The molecule has 1 aromatic heterocycles. The number of hydrogen-bond acceptors (Lipinski definition) is 3. The summed E-state index contributed by atoms with van der Waals surface area (Å²) >= 11 is 1.54. The Morgan fingerprint density at radius 3 is 2.76 bits per heavy atom. The predicted octanol–water partition coefficient (Wildman–Crippen LogP) is 1.75. The van der Waals surface area contributed by atoms with Crippen molar-refractivity contribution in [2.75, 3.05) is 0 Å². The van der Waals surface area contributed by atoms with E-state index in [4.69, 9.17) is 5.11 Å². The summed E-state index contributed by atoms with van der Waals surface area (Å²) in [6, 6.07) is 1.31. The summed E-state index contributed by atoms with van der Waals surface area (Å²) < 4.78 is 0. The van der Waals surface area contributed by atoms with Gasteiger partial charge in [-0.3, -0.25) is 4.79 Å². The van der Waals surface area contributed by atoms with E-state index in [2.05, 4.69) is 0 Å². The molecule has 1 saturated carbocycles. The van der Waals surface area contributed by atoms with Crippen LogP contribution in [0.3, 0.4) is 0 Å². The van der Waals surface area contributed by atoms with Crippen LogP contribution in [0.2, 0.25) is 0 Å². The molecular weight excluding hydrogens is 238 g/mol. The number of carbonyl (C=O) groups is 2. The molecule has 4 nitrogen and oxygen atoms in total. The Bertz CT molecular complexity index is 411. The van der Waals surface area contributed by atoms with Crippen LogP contribution >= 0.6 is 11.3 Å². The van der Waals surface area contributed by atoms with Crippen molar-refractivity contribution >= 4 is 23.2 Å². The van der Waals surface area contributed by atoms with E-state index in [0.29, 0.717) is 6.42 Å². The third-order valence-electron chi connectivity index (χ3n) is 2.94. The number of carboxylic acid groups (broad SMARTS) is 1. The lowest BCUT2D eigenvalue weighted by Gasteiger charge is -2.26. The van der Waals surface area contributed by atoms with Crippen molar-refractivity contribution in [3.8, 4) is 0 Å². The minimum absolute atomic E-state index is 0.0826. The molecule has 2 rings (SSSR count). The maximum absolute atomic E-state index is 12.1. The molecule has 5 heteroatoms. The van der Waals surface area contributed by atoms with Crippen LogP contribution in [0.25, 0.3) is 0 Å². The molecule has 1 unspecified atom stereocenters. The van der Waals surface area contributed by atoms with Gasteiger partial charge in [0.1, 0.15) is 6.04 Å². The van der Waals surface area contributed by atoms with Crippen molar-refractivity contribution in [2.24, 2.45) is 0 Å². The molecule has 1 aliphatic carbocycles. The average molecular weight is 253 g/mol. The highest BCUT2D eigenvalue weighted by Gasteiger charge is 2.38. The van der Waals surface area contributed by atoms with Crippen LogP contribution in [0.1, 0.15) is 25.3 Å². The molecule has 0 bridgehead atoms. The van der Waals surface area contributed by atoms with Gasteiger partial charge in [-0.25, -0.2) is 4.79 Å². The third kappa shape index (κ3) is 2.85. The lowest BCUT2D eigenvalue weighted by Crippen LogP contribution is -2.45. The molecule has 92 valence electrons. The van der Waals surface area contributed by atoms with Crippen LogP contribution in [-0.2, 0) is 16.0 Å². The molecule has 0 aliphatic heterocycles. The molecule has 1 heterocycles. The Morgan fingerprint density at radius 1 is 1.59 bits per heavy atom. The third-order valence-corrected chi connectivity index (χ3v) is 3.67. The Balaban J connectivity index is 2.05. The highest BCUT2D eigenvalue weighted by atomic mass is 32.1. The minimum Gasteiger partial charge on any atom is -0.480 e. The minimum atomic E-state index is -0.935. The van der Waals surface area contributed by atoms with E-state index in [1.807, 2.05) is 16.8 Å². The Labute approximate surface area is 104 Å². The van der Waals surface area contributed by atoms with Gasteiger partial charge in [0, 0.05) is 6.04 Å². The highest BCUT2D eigenvalue weighted by Crippen LogP contribution is 2.29. The van der Waals surface area contributed by atoms with Gasteiger partial charge in [0.05, 0.1) is 6.42 Å². The summed E-state index contributed by atoms with van der Waals surface area (Å²) in [6.07, 6.45) is 2.15. The van der Waals surface area contributed by atoms with Crippen LogP contribution in [-0.4, -0.2) is 34.0 Å². The smallest absolute Gasteiger partial charge is 0.326 e. The van der Waals surface area contributed by atoms with Crippen LogP contribution in [0.5, 0.6) is 0 Å². The lowest BCUT2D eigenvalue weighted by atomic mass is 10.2. The average Bonchev–Trinajstić information content (AvgIpc) is 2.96. The Kier molecular flexibility index (Phi) is 3.47. The van der Waals surface area contributed by atoms with Crippen LogP contribution in [0.4, 0.5) is 0 Å². The van der Waals surface area contributed by atoms with E-state index < -0.39 is 12.0 Å². The van der Waals surface area contributed by atoms with E-state index in [1.165, 1.54) is 4.90 Å². The van der Waals surface area contributed by atoms with Crippen molar-refractivity contribution in [1.29, 1.82) is 0 Å². The first-order valence-corrected chi connectivity index (χ1v) is 6.59. The highest BCUT2D eigenvalue weighted by molar-refractivity contribution is 7.07. The standard InChI is InChI=1S/C12H15NO3S/c1-8(12(15)16)13(10-2-3-10)11(14)6-9-4-5-17-7-9/h4-5,7-8,10H,2-3,6H2,1H3,(H,15,16). The molecule has 0 radical (unpaired) electrons. The van der Waals surface area contributed by atoms with Crippen LogP contribution in [0, 0.1) is 0 Å². The fourth-order valence-electron chi connectivity index (χ4n) is 1.87. The van der Waals surface area contributed by atoms with Crippen molar-refractivity contribution in [3.63, 3.8) is 0 Å². The zero-order chi connectivity index (χ0) is 12.4. The van der Waals surface area contributed by atoms with Crippen molar-refractivity contribution < 1.29 is 14.7 Å². The van der Waals surface area contributed by atoms with Crippen molar-refractivity contribution in [2.45, 2.75) is 38.3 Å². The Hall–Kier alpha value is -1.36. The molecule has 1 atom stereocenters. The number of rotatable bonds is 5. The fourth-order valence-corrected chi connectivity index (χ4v) is 2.54. The Morgan fingerprint density at radius 2 is 2.29 bits per heavy atom. The maximum Gasteiger partial charge on any atom is 0.326 e. The summed E-state index contributed by atoms with van der Waals surface area (Å²) in [5.74, 6) is -1.02. The molecule has 0 saturated heterocycles. The molecule has 1 aromatic rings. The monoisotopic (exact) mass is 253 g/mol. The number of aliphatic carboxylic acids is 1. The first-order chi connectivity index (χ1) is 8.09. The second-order valence-corrected chi connectivity index (χ2v) is 5.13. The topological polar surface area (TPSA) is 57.6 Å². The molecule has 1 fully saturated rings. The first-order valence-electron chi connectivity index (χ1n) is 5.64. The van der Waals surface area contributed by atoms with Gasteiger partial charge in [0.25, 0.3) is 0 Å². The number of amides is 1. The quantitative estimate of drug-likeness (QED) is 0.869. The maximum atomic E-state index is 12.1. The summed E-state index contributed by atoms with van der Waals surface area (Å²) in [7, 11) is 0. The number of carboxylic acids is 1. The predicted molar refractivity (Wildman–Crippen MR) is 65.0 cm³/mol. The molecule has 1 aliphatic rings. The van der Waals surface area contributed by atoms with Gasteiger partial charge < -0.3 is 10.0 Å². The van der Waals surface area contributed by atoms with Crippen molar-refractivity contribution in [3.05, 3.63) is 22.4 Å². The summed E-state index contributed by atoms with van der Waals surface area (Å²) in [4.78, 5) is 24.6. The second kappa shape index (κ2) is 4.87. The number of hydrogen-bond donors (Lipinski definition) is 1. The number of carbonyl (C=O) groups excluding carboxylic acids is 1. The molecule has 1 amide bonds. The van der Waals surface area contributed by atoms with Gasteiger partial charge in [-0.2, -0.15) is 11.3 Å². The van der Waals surface area contributed by atoms with Gasteiger partial charge in [-0.05, 0) is 42.2 Å². The fraction of sp³-hybridized carbons (Fsp3) is 0.500. The summed E-state index contributed by atoms with van der Waals surface area (Å²) in [6.45, 7) is 1.58. The second-order valence-electron chi connectivity index (χ2n) is 4.35. The van der Waals surface area contributed by atoms with Gasteiger partial charge in [-0.15, -0.1) is 0 Å². The van der Waals surface area contributed by atoms with E-state index >= 15 is 0 Å². The number of thiophene rings is 1. The molecule has 1 N–H and O–H groups in total. The van der Waals surface area contributed by atoms with Gasteiger partial charge in [0.15, 0.2) is 0 Å². The molecular formula is C12H15NO3S. The lowest BCUT2D eigenvalue weighted by molar-refractivity contribution is -0.149. The zero-order valence-electron chi connectivity index (χ0n) is 9.63. The van der Waals surface area contributed by atoms with E-state index in [0.717, 1.165) is 18.4 Å². The zero-order valence-corrected chi connectivity index (χ0v) is 10.4. The molecule has 17 heavy (non-hydrogen) atoms. The first kappa shape index (κ1) is 12.1. The van der Waals surface area contributed by atoms with Gasteiger partial charge in [-0.1, -0.05) is 0 Å². The SMILES string of the molecule is CC(C(=O)O)N(C(=O)Cc1ccsc1)C1CC1. The molecule has 0 aromatic carbocycles. The van der Waals surface area contributed by atoms with Gasteiger partial charge >= 0.3 is 5.97 Å². The van der Waals surface area contributed by atoms with E-state index in [-0.39, 0.29) is 11.9 Å². The van der Waals surface area contributed by atoms with Crippen LogP contribution < -0.4 is 0 Å². The van der Waals surface area contributed by atoms with Gasteiger partial charge in [0.2, 0.25) is 5.91 Å². The van der Waals surface area contributed by atoms with Crippen LogP contribution in [0.15, 0.2) is 16.8 Å². The van der Waals surface area contributed by atoms with Crippen molar-refractivity contribution in [1.82, 2.24) is 4.90 Å². The number of nitrogens with zero attached hydrogens (tertiary/aromatic N) is 1.